The first-order chi connectivity index (χ1) is 14.2. The van der Waals surface area contributed by atoms with Crippen LogP contribution in [0.15, 0.2) is 12.1 Å². The van der Waals surface area contributed by atoms with Gasteiger partial charge in [0.15, 0.2) is 11.5 Å². The van der Waals surface area contributed by atoms with Crippen molar-refractivity contribution in [2.45, 2.75) is 12.5 Å². The van der Waals surface area contributed by atoms with E-state index in [2.05, 4.69) is 20.2 Å². The van der Waals surface area contributed by atoms with E-state index in [0.29, 0.717) is 40.7 Å². The second kappa shape index (κ2) is 8.98. The quantitative estimate of drug-likeness (QED) is 0.709. The van der Waals surface area contributed by atoms with Crippen LogP contribution in [0, 0.1) is 5.92 Å². The number of fused-ring (bicyclic) bond motifs is 1. The van der Waals surface area contributed by atoms with Crippen LogP contribution in [0.2, 0.25) is 0 Å². The smallest absolute Gasteiger partial charge is 0.225 e. The summed E-state index contributed by atoms with van der Waals surface area (Å²) >= 11 is 0. The molecule has 2 aromatic rings. The fourth-order valence-corrected chi connectivity index (χ4v) is 4.11. The average molecular weight is 403 g/mol. The van der Waals surface area contributed by atoms with Crippen molar-refractivity contribution >= 4 is 22.7 Å². The molecule has 3 N–H and O–H groups in total. The van der Waals surface area contributed by atoms with Gasteiger partial charge in [0, 0.05) is 49.7 Å². The van der Waals surface area contributed by atoms with Crippen molar-refractivity contribution < 1.29 is 18.9 Å². The van der Waals surface area contributed by atoms with Gasteiger partial charge in [0.1, 0.15) is 5.82 Å². The lowest BCUT2D eigenvalue weighted by atomic mass is 9.97. The minimum absolute atomic E-state index is 0.340. The number of ether oxygens (including phenoxy) is 4. The minimum Gasteiger partial charge on any atom is -0.493 e. The van der Waals surface area contributed by atoms with Crippen molar-refractivity contribution in [3.05, 3.63) is 12.1 Å². The van der Waals surface area contributed by atoms with Crippen molar-refractivity contribution in [2.75, 3.05) is 71.3 Å². The predicted octanol–water partition coefficient (Wildman–Crippen LogP) is 1.38. The summed E-state index contributed by atoms with van der Waals surface area (Å²) in [4.78, 5) is 11.6. The minimum atomic E-state index is 0.340. The first-order valence-corrected chi connectivity index (χ1v) is 10.0. The fraction of sp³-hybridized carbons (Fsp3) is 0.600. The van der Waals surface area contributed by atoms with Gasteiger partial charge in [-0.1, -0.05) is 0 Å². The summed E-state index contributed by atoms with van der Waals surface area (Å²) in [6, 6.07) is 3.97. The van der Waals surface area contributed by atoms with Crippen molar-refractivity contribution in [3.63, 3.8) is 0 Å². The summed E-state index contributed by atoms with van der Waals surface area (Å²) < 4.78 is 21.9. The number of nitrogen functional groups attached to an aromatic ring is 1. The molecule has 0 radical (unpaired) electrons. The molecule has 158 valence electrons. The van der Waals surface area contributed by atoms with E-state index in [0.717, 1.165) is 57.9 Å². The Morgan fingerprint density at radius 2 is 1.90 bits per heavy atom. The SMILES string of the molecule is COc1cc2nc(NCC(C3CCOC3)N3CCOCC3)nc(N)c2cc1OC. The van der Waals surface area contributed by atoms with Gasteiger partial charge in [0.25, 0.3) is 0 Å². The largest absolute Gasteiger partial charge is 0.493 e. The van der Waals surface area contributed by atoms with Crippen LogP contribution in [-0.2, 0) is 9.47 Å². The third kappa shape index (κ3) is 4.31. The van der Waals surface area contributed by atoms with Gasteiger partial charge in [0.05, 0.1) is 39.6 Å². The highest BCUT2D eigenvalue weighted by Crippen LogP contribution is 2.33. The topological polar surface area (TPSA) is 104 Å². The lowest BCUT2D eigenvalue weighted by Gasteiger charge is -2.37. The molecule has 2 fully saturated rings. The molecular formula is C20H29N5O4. The second-order valence-electron chi connectivity index (χ2n) is 7.38. The van der Waals surface area contributed by atoms with Crippen LogP contribution in [0.1, 0.15) is 6.42 Å². The third-order valence-corrected chi connectivity index (χ3v) is 5.72. The zero-order valence-corrected chi connectivity index (χ0v) is 17.0. The highest BCUT2D eigenvalue weighted by atomic mass is 16.5. The molecule has 2 atom stereocenters. The van der Waals surface area contributed by atoms with Gasteiger partial charge < -0.3 is 30.0 Å². The number of hydrogen-bond donors (Lipinski definition) is 2. The molecule has 2 aliphatic heterocycles. The monoisotopic (exact) mass is 403 g/mol. The van der Waals surface area contributed by atoms with Crippen LogP contribution in [-0.4, -0.2) is 81.2 Å². The Kier molecular flexibility index (Phi) is 6.17. The van der Waals surface area contributed by atoms with Gasteiger partial charge in [-0.3, -0.25) is 4.90 Å². The highest BCUT2D eigenvalue weighted by molar-refractivity contribution is 5.91. The van der Waals surface area contributed by atoms with Crippen molar-refractivity contribution in [2.24, 2.45) is 5.92 Å². The van der Waals surface area contributed by atoms with Crippen LogP contribution < -0.4 is 20.5 Å². The van der Waals surface area contributed by atoms with Crippen molar-refractivity contribution in [3.8, 4) is 11.5 Å². The van der Waals surface area contributed by atoms with E-state index in [1.54, 1.807) is 20.3 Å². The van der Waals surface area contributed by atoms with Gasteiger partial charge in [-0.05, 0) is 12.5 Å². The average Bonchev–Trinajstić information content (AvgIpc) is 3.28. The number of rotatable bonds is 7. The molecule has 0 spiro atoms. The van der Waals surface area contributed by atoms with E-state index in [9.17, 15) is 0 Å². The number of methoxy groups -OCH3 is 2. The van der Waals surface area contributed by atoms with E-state index in [1.807, 2.05) is 6.07 Å². The molecule has 9 nitrogen and oxygen atoms in total. The van der Waals surface area contributed by atoms with Gasteiger partial charge in [-0.15, -0.1) is 0 Å². The molecule has 4 rings (SSSR count). The first kappa shape index (κ1) is 19.9. The Morgan fingerprint density at radius 1 is 1.14 bits per heavy atom. The molecule has 2 aliphatic rings. The number of aromatic nitrogens is 2. The summed E-state index contributed by atoms with van der Waals surface area (Å²) in [5, 5.41) is 4.14. The molecule has 2 saturated heterocycles. The summed E-state index contributed by atoms with van der Waals surface area (Å²) in [6.07, 6.45) is 1.07. The second-order valence-corrected chi connectivity index (χ2v) is 7.38. The zero-order chi connectivity index (χ0) is 20.2. The Hall–Kier alpha value is -2.36. The predicted molar refractivity (Wildman–Crippen MR) is 111 cm³/mol. The summed E-state index contributed by atoms with van der Waals surface area (Å²) in [5.74, 6) is 2.62. The van der Waals surface area contributed by atoms with Crippen LogP contribution in [0.3, 0.4) is 0 Å². The number of anilines is 2. The summed E-state index contributed by atoms with van der Waals surface area (Å²) in [7, 11) is 3.19. The third-order valence-electron chi connectivity index (χ3n) is 5.72. The van der Waals surface area contributed by atoms with Gasteiger partial charge in [0.2, 0.25) is 5.95 Å². The van der Waals surface area contributed by atoms with Gasteiger partial charge in [-0.2, -0.15) is 4.98 Å². The van der Waals surface area contributed by atoms with E-state index < -0.39 is 0 Å². The van der Waals surface area contributed by atoms with E-state index in [1.165, 1.54) is 0 Å². The highest BCUT2D eigenvalue weighted by Gasteiger charge is 2.31. The Bertz CT molecular complexity index is 837. The van der Waals surface area contributed by atoms with Gasteiger partial charge >= 0.3 is 0 Å². The Balaban J connectivity index is 1.55. The van der Waals surface area contributed by atoms with E-state index >= 15 is 0 Å². The maximum absolute atomic E-state index is 6.21. The number of morpholine rings is 1. The summed E-state index contributed by atoms with van der Waals surface area (Å²) in [6.45, 7) is 5.75. The maximum atomic E-state index is 6.21. The molecule has 1 aromatic heterocycles. The van der Waals surface area contributed by atoms with E-state index in [-0.39, 0.29) is 0 Å². The molecule has 2 unspecified atom stereocenters. The Labute approximate surface area is 170 Å². The van der Waals surface area contributed by atoms with Crippen LogP contribution in [0.5, 0.6) is 11.5 Å². The molecular weight excluding hydrogens is 374 g/mol. The number of nitrogens with one attached hydrogen (secondary N) is 1. The summed E-state index contributed by atoms with van der Waals surface area (Å²) in [5.41, 5.74) is 6.92. The molecule has 0 aliphatic carbocycles. The van der Waals surface area contributed by atoms with Crippen LogP contribution in [0.25, 0.3) is 10.9 Å². The number of nitrogens with zero attached hydrogens (tertiary/aromatic N) is 3. The molecule has 29 heavy (non-hydrogen) atoms. The lowest BCUT2D eigenvalue weighted by Crippen LogP contribution is -2.50. The number of benzene rings is 1. The molecule has 0 bridgehead atoms. The molecule has 1 aromatic carbocycles. The first-order valence-electron chi connectivity index (χ1n) is 10.0. The van der Waals surface area contributed by atoms with Crippen LogP contribution in [0.4, 0.5) is 11.8 Å². The van der Waals surface area contributed by atoms with E-state index in [4.69, 9.17) is 24.7 Å². The lowest BCUT2D eigenvalue weighted by molar-refractivity contribution is 0.00458. The molecule has 3 heterocycles. The number of nitrogens with two attached hydrogens (primary N) is 1. The Morgan fingerprint density at radius 3 is 2.59 bits per heavy atom. The van der Waals surface area contributed by atoms with Crippen LogP contribution >= 0.6 is 0 Å². The van der Waals surface area contributed by atoms with Crippen molar-refractivity contribution in [1.29, 1.82) is 0 Å². The molecule has 9 heteroatoms. The maximum Gasteiger partial charge on any atom is 0.225 e. The zero-order valence-electron chi connectivity index (χ0n) is 17.0. The molecule has 0 saturated carbocycles. The fourth-order valence-electron chi connectivity index (χ4n) is 4.11. The van der Waals surface area contributed by atoms with Crippen molar-refractivity contribution in [1.82, 2.24) is 14.9 Å². The van der Waals surface area contributed by atoms with Gasteiger partial charge in [-0.25, -0.2) is 4.98 Å². The molecule has 0 amide bonds. The number of hydrogen-bond acceptors (Lipinski definition) is 9. The standard InChI is InChI=1S/C20H29N5O4/c1-26-17-9-14-15(10-18(17)27-2)23-20(24-19(14)21)22-11-16(13-3-6-29-12-13)25-4-7-28-8-5-25/h9-10,13,16H,3-8,11-12H2,1-2H3,(H3,21,22,23,24). The normalized spacial score (nSPS) is 21.2.